The molecule has 0 aliphatic carbocycles. The van der Waals surface area contributed by atoms with E-state index in [2.05, 4.69) is 62.1 Å². The van der Waals surface area contributed by atoms with E-state index in [-0.39, 0.29) is 0 Å². The van der Waals surface area contributed by atoms with Crippen LogP contribution in [0, 0.1) is 11.7 Å². The van der Waals surface area contributed by atoms with E-state index < -0.39 is 0 Å². The highest BCUT2D eigenvalue weighted by Crippen LogP contribution is 2.25. The molecule has 0 spiro atoms. The number of aromatic nitrogens is 2. The molecule has 18 heavy (non-hydrogen) atoms. The molecular weight excluding hydrogens is 328 g/mol. The first-order valence-electron chi connectivity index (χ1n) is 5.56. The molecule has 2 nitrogen and oxygen atoms in total. The predicted octanol–water partition coefficient (Wildman–Crippen LogP) is 4.88. The highest BCUT2D eigenvalue weighted by molar-refractivity contribution is 9.10. The Morgan fingerprint density at radius 1 is 1.39 bits per heavy atom. The predicted molar refractivity (Wildman–Crippen MR) is 83.0 cm³/mol. The molecule has 0 saturated heterocycles. The maximum absolute atomic E-state index is 5.41. The molecule has 0 amide bonds. The molecule has 0 bridgehead atoms. The van der Waals surface area contributed by atoms with Gasteiger partial charge in [-0.3, -0.25) is 0 Å². The Morgan fingerprint density at radius 3 is 2.94 bits per heavy atom. The number of nitrogens with zero attached hydrogens (tertiary/aromatic N) is 1. The Kier molecular flexibility index (Phi) is 3.13. The number of nitrogens with one attached hydrogen (secondary N) is 1. The molecule has 92 valence electrons. The fourth-order valence-electron chi connectivity index (χ4n) is 2.02. The summed E-state index contributed by atoms with van der Waals surface area (Å²) in [7, 11) is 0. The standard InChI is InChI=1S/C13H11BrN2S2/c1-8-2-3-11-10(6-8)15-13(17)16(11)7-12-9(14)4-5-18-12/h2-6H,7H2,1H3,(H,15,17). The van der Waals surface area contributed by atoms with Gasteiger partial charge in [-0.1, -0.05) is 6.07 Å². The summed E-state index contributed by atoms with van der Waals surface area (Å²) in [6.07, 6.45) is 0. The lowest BCUT2D eigenvalue weighted by Gasteiger charge is -2.03. The van der Waals surface area contributed by atoms with E-state index in [1.54, 1.807) is 11.3 Å². The second-order valence-electron chi connectivity index (χ2n) is 4.23. The summed E-state index contributed by atoms with van der Waals surface area (Å²) in [4.78, 5) is 4.55. The van der Waals surface area contributed by atoms with E-state index in [1.165, 1.54) is 10.4 Å². The Morgan fingerprint density at radius 2 is 2.22 bits per heavy atom. The van der Waals surface area contributed by atoms with E-state index >= 15 is 0 Å². The zero-order valence-corrected chi connectivity index (χ0v) is 13.0. The Labute approximate surface area is 122 Å². The Hall–Kier alpha value is -0.910. The number of rotatable bonds is 2. The lowest BCUT2D eigenvalue weighted by molar-refractivity contribution is 0.821. The van der Waals surface area contributed by atoms with Gasteiger partial charge in [0.2, 0.25) is 0 Å². The number of halogens is 1. The summed E-state index contributed by atoms with van der Waals surface area (Å²) >= 11 is 10.7. The normalized spacial score (nSPS) is 11.2. The highest BCUT2D eigenvalue weighted by Gasteiger charge is 2.08. The van der Waals surface area contributed by atoms with Gasteiger partial charge < -0.3 is 9.55 Å². The quantitative estimate of drug-likeness (QED) is 0.660. The summed E-state index contributed by atoms with van der Waals surface area (Å²) in [6, 6.07) is 8.44. The lowest BCUT2D eigenvalue weighted by atomic mass is 10.2. The fraction of sp³-hybridized carbons (Fsp3) is 0.154. The van der Waals surface area contributed by atoms with Crippen molar-refractivity contribution < 1.29 is 0 Å². The Bertz CT molecular complexity index is 767. The molecule has 0 aliphatic rings. The van der Waals surface area contributed by atoms with Crippen molar-refractivity contribution in [2.24, 2.45) is 0 Å². The van der Waals surface area contributed by atoms with Gasteiger partial charge >= 0.3 is 0 Å². The largest absolute Gasteiger partial charge is 0.331 e. The van der Waals surface area contributed by atoms with Crippen molar-refractivity contribution >= 4 is 50.5 Å². The molecule has 0 fully saturated rings. The van der Waals surface area contributed by atoms with Crippen molar-refractivity contribution in [2.45, 2.75) is 13.5 Å². The number of aromatic amines is 1. The summed E-state index contributed by atoms with van der Waals surface area (Å²) < 4.78 is 4.06. The Balaban J connectivity index is 2.15. The van der Waals surface area contributed by atoms with Crippen LogP contribution in [-0.4, -0.2) is 9.55 Å². The van der Waals surface area contributed by atoms with E-state index in [0.717, 1.165) is 26.8 Å². The van der Waals surface area contributed by atoms with Crippen molar-refractivity contribution in [1.29, 1.82) is 0 Å². The maximum Gasteiger partial charge on any atom is 0.178 e. The summed E-state index contributed by atoms with van der Waals surface area (Å²) in [5, 5.41) is 2.09. The smallest absolute Gasteiger partial charge is 0.178 e. The van der Waals surface area contributed by atoms with Crippen LogP contribution in [-0.2, 0) is 6.54 Å². The molecule has 0 radical (unpaired) electrons. The average molecular weight is 339 g/mol. The van der Waals surface area contributed by atoms with Crippen LogP contribution >= 0.6 is 39.5 Å². The van der Waals surface area contributed by atoms with Crippen LogP contribution in [0.5, 0.6) is 0 Å². The van der Waals surface area contributed by atoms with Gasteiger partial charge in [0.1, 0.15) is 0 Å². The summed E-state index contributed by atoms with van der Waals surface area (Å²) in [6.45, 7) is 2.89. The van der Waals surface area contributed by atoms with Crippen LogP contribution in [0.1, 0.15) is 10.4 Å². The number of benzene rings is 1. The minimum absolute atomic E-state index is 0.774. The molecule has 0 saturated carbocycles. The molecule has 0 unspecified atom stereocenters. The van der Waals surface area contributed by atoms with E-state index in [4.69, 9.17) is 12.2 Å². The number of thiophene rings is 1. The van der Waals surface area contributed by atoms with Crippen molar-refractivity contribution in [3.63, 3.8) is 0 Å². The first-order valence-corrected chi connectivity index (χ1v) is 7.64. The van der Waals surface area contributed by atoms with Crippen LogP contribution in [0.15, 0.2) is 34.1 Å². The van der Waals surface area contributed by atoms with Crippen LogP contribution in [0.4, 0.5) is 0 Å². The van der Waals surface area contributed by atoms with E-state index in [0.29, 0.717) is 0 Å². The maximum atomic E-state index is 5.41. The van der Waals surface area contributed by atoms with Crippen molar-refractivity contribution in [1.82, 2.24) is 9.55 Å². The number of fused-ring (bicyclic) bond motifs is 1. The van der Waals surface area contributed by atoms with E-state index in [9.17, 15) is 0 Å². The molecule has 0 atom stereocenters. The van der Waals surface area contributed by atoms with Crippen LogP contribution in [0.2, 0.25) is 0 Å². The van der Waals surface area contributed by atoms with Gasteiger partial charge in [-0.2, -0.15) is 0 Å². The second kappa shape index (κ2) is 4.64. The third kappa shape index (κ3) is 2.06. The molecule has 5 heteroatoms. The van der Waals surface area contributed by atoms with Gasteiger partial charge in [-0.05, 0) is 64.2 Å². The molecule has 3 aromatic rings. The number of aryl methyl sites for hydroxylation is 1. The third-order valence-electron chi connectivity index (χ3n) is 2.92. The first kappa shape index (κ1) is 12.1. The van der Waals surface area contributed by atoms with Crippen molar-refractivity contribution in [3.8, 4) is 0 Å². The molecule has 0 aliphatic heterocycles. The SMILES string of the molecule is Cc1ccc2c(c1)[nH]c(=S)n2Cc1sccc1Br. The van der Waals surface area contributed by atoms with Gasteiger partial charge in [0.15, 0.2) is 4.77 Å². The van der Waals surface area contributed by atoms with Gasteiger partial charge in [-0.25, -0.2) is 0 Å². The number of H-pyrrole nitrogens is 1. The van der Waals surface area contributed by atoms with Gasteiger partial charge in [-0.15, -0.1) is 11.3 Å². The summed E-state index contributed by atoms with van der Waals surface area (Å²) in [5.41, 5.74) is 3.50. The average Bonchev–Trinajstić information content (AvgIpc) is 2.85. The van der Waals surface area contributed by atoms with Gasteiger partial charge in [0, 0.05) is 9.35 Å². The molecular formula is C13H11BrN2S2. The molecule has 1 aromatic carbocycles. The minimum Gasteiger partial charge on any atom is -0.331 e. The fourth-order valence-corrected chi connectivity index (χ4v) is 3.75. The minimum atomic E-state index is 0.774. The zero-order chi connectivity index (χ0) is 12.7. The monoisotopic (exact) mass is 338 g/mol. The van der Waals surface area contributed by atoms with Gasteiger partial charge in [0.05, 0.1) is 17.6 Å². The second-order valence-corrected chi connectivity index (χ2v) is 6.47. The first-order chi connectivity index (χ1) is 8.65. The zero-order valence-electron chi connectivity index (χ0n) is 9.74. The molecule has 2 aromatic heterocycles. The van der Waals surface area contributed by atoms with Crippen LogP contribution < -0.4 is 0 Å². The number of hydrogen-bond acceptors (Lipinski definition) is 2. The van der Waals surface area contributed by atoms with E-state index in [1.807, 2.05) is 0 Å². The van der Waals surface area contributed by atoms with Crippen LogP contribution in [0.3, 0.4) is 0 Å². The topological polar surface area (TPSA) is 20.7 Å². The third-order valence-corrected chi connectivity index (χ3v) is 5.16. The molecule has 1 N–H and O–H groups in total. The molecule has 2 heterocycles. The van der Waals surface area contributed by atoms with Crippen molar-refractivity contribution in [3.05, 3.63) is 49.3 Å². The lowest BCUT2D eigenvalue weighted by Crippen LogP contribution is -1.98. The highest BCUT2D eigenvalue weighted by atomic mass is 79.9. The number of imidazole rings is 1. The number of hydrogen-bond donors (Lipinski definition) is 1. The summed E-state index contributed by atoms with van der Waals surface area (Å²) in [5.74, 6) is 0. The van der Waals surface area contributed by atoms with Crippen molar-refractivity contribution in [2.75, 3.05) is 0 Å². The van der Waals surface area contributed by atoms with Gasteiger partial charge in [0.25, 0.3) is 0 Å². The molecule has 3 rings (SSSR count). The van der Waals surface area contributed by atoms with Crippen LogP contribution in [0.25, 0.3) is 11.0 Å².